The van der Waals surface area contributed by atoms with E-state index in [4.69, 9.17) is 15.2 Å². The van der Waals surface area contributed by atoms with E-state index >= 15 is 0 Å². The van der Waals surface area contributed by atoms with Crippen molar-refractivity contribution in [2.75, 3.05) is 39.4 Å². The van der Waals surface area contributed by atoms with Crippen LogP contribution in [0.4, 0.5) is 0 Å². The second-order valence-corrected chi connectivity index (χ2v) is 4.86. The molecule has 0 amide bonds. The third-order valence-electron chi connectivity index (χ3n) is 3.55. The van der Waals surface area contributed by atoms with Crippen LogP contribution in [0, 0.1) is 5.92 Å². The van der Waals surface area contributed by atoms with Gasteiger partial charge in [0.15, 0.2) is 6.29 Å². The summed E-state index contributed by atoms with van der Waals surface area (Å²) in [5.41, 5.74) is 5.66. The van der Waals surface area contributed by atoms with Crippen molar-refractivity contribution in [3.8, 4) is 0 Å². The number of hydrogen-bond acceptors (Lipinski definition) is 4. The maximum absolute atomic E-state index is 5.72. The van der Waals surface area contributed by atoms with Gasteiger partial charge in [-0.05, 0) is 44.7 Å². The van der Waals surface area contributed by atoms with Crippen molar-refractivity contribution in [2.24, 2.45) is 11.7 Å². The molecule has 2 aliphatic rings. The Labute approximate surface area is 98.1 Å². The van der Waals surface area contributed by atoms with Crippen LogP contribution >= 0.6 is 0 Å². The van der Waals surface area contributed by atoms with Crippen molar-refractivity contribution in [1.82, 2.24) is 4.90 Å². The van der Waals surface area contributed by atoms with Gasteiger partial charge in [-0.15, -0.1) is 0 Å². The van der Waals surface area contributed by atoms with E-state index in [9.17, 15) is 0 Å². The average molecular weight is 228 g/mol. The Balaban J connectivity index is 1.54. The molecule has 4 nitrogen and oxygen atoms in total. The summed E-state index contributed by atoms with van der Waals surface area (Å²) in [6, 6.07) is 0. The van der Waals surface area contributed by atoms with Crippen molar-refractivity contribution in [3.63, 3.8) is 0 Å². The summed E-state index contributed by atoms with van der Waals surface area (Å²) in [7, 11) is 0. The molecule has 94 valence electrons. The van der Waals surface area contributed by atoms with E-state index in [0.717, 1.165) is 39.3 Å². The van der Waals surface area contributed by atoms with Gasteiger partial charge in [0.25, 0.3) is 0 Å². The first-order valence-electron chi connectivity index (χ1n) is 6.54. The van der Waals surface area contributed by atoms with Gasteiger partial charge in [-0.3, -0.25) is 0 Å². The monoisotopic (exact) mass is 228 g/mol. The molecule has 2 rings (SSSR count). The first-order chi connectivity index (χ1) is 7.88. The van der Waals surface area contributed by atoms with Gasteiger partial charge in [-0.2, -0.15) is 0 Å². The molecular weight excluding hydrogens is 204 g/mol. The van der Waals surface area contributed by atoms with Gasteiger partial charge >= 0.3 is 0 Å². The maximum atomic E-state index is 5.72. The summed E-state index contributed by atoms with van der Waals surface area (Å²) in [6.07, 6.45) is 4.79. The minimum absolute atomic E-state index is 0.0571. The lowest BCUT2D eigenvalue weighted by molar-refractivity contribution is -0.163. The van der Waals surface area contributed by atoms with Crippen molar-refractivity contribution in [3.05, 3.63) is 0 Å². The van der Waals surface area contributed by atoms with E-state index in [0.29, 0.717) is 5.92 Å². The summed E-state index contributed by atoms with van der Waals surface area (Å²) in [6.45, 7) is 5.83. The van der Waals surface area contributed by atoms with Crippen LogP contribution in [0.3, 0.4) is 0 Å². The molecule has 0 spiro atoms. The van der Waals surface area contributed by atoms with E-state index in [2.05, 4.69) is 4.90 Å². The normalized spacial score (nSPS) is 32.1. The van der Waals surface area contributed by atoms with Gasteiger partial charge in [0.2, 0.25) is 0 Å². The zero-order valence-electron chi connectivity index (χ0n) is 10.1. The van der Waals surface area contributed by atoms with E-state index in [1.54, 1.807) is 0 Å². The Morgan fingerprint density at radius 1 is 1.31 bits per heavy atom. The molecule has 2 aliphatic heterocycles. The number of likely N-dealkylation sites (tertiary alicyclic amines) is 1. The van der Waals surface area contributed by atoms with Gasteiger partial charge in [0.1, 0.15) is 0 Å². The lowest BCUT2D eigenvalue weighted by Crippen LogP contribution is -2.30. The van der Waals surface area contributed by atoms with Crippen LogP contribution in [0.25, 0.3) is 0 Å². The number of rotatable bonds is 5. The van der Waals surface area contributed by atoms with Crippen molar-refractivity contribution in [2.45, 2.75) is 32.0 Å². The maximum Gasteiger partial charge on any atom is 0.157 e. The summed E-state index contributed by atoms with van der Waals surface area (Å²) in [4.78, 5) is 2.44. The molecule has 16 heavy (non-hydrogen) atoms. The molecule has 0 aliphatic carbocycles. The molecule has 2 heterocycles. The molecule has 2 fully saturated rings. The topological polar surface area (TPSA) is 47.7 Å². The SMILES string of the molecule is NCC1CCN(CCOC2CCCCO2)C1. The Morgan fingerprint density at radius 3 is 2.94 bits per heavy atom. The Hall–Kier alpha value is -0.160. The molecule has 0 bridgehead atoms. The molecule has 0 radical (unpaired) electrons. The Morgan fingerprint density at radius 2 is 2.25 bits per heavy atom. The smallest absolute Gasteiger partial charge is 0.157 e. The van der Waals surface area contributed by atoms with E-state index in [1.165, 1.54) is 25.8 Å². The third-order valence-corrected chi connectivity index (χ3v) is 3.55. The summed E-state index contributed by atoms with van der Waals surface area (Å²) in [5.74, 6) is 0.700. The van der Waals surface area contributed by atoms with Crippen molar-refractivity contribution < 1.29 is 9.47 Å². The zero-order valence-corrected chi connectivity index (χ0v) is 10.1. The lowest BCUT2D eigenvalue weighted by Gasteiger charge is -2.24. The Bertz CT molecular complexity index is 195. The molecule has 2 saturated heterocycles. The predicted molar refractivity (Wildman–Crippen MR) is 63.1 cm³/mol. The minimum atomic E-state index is 0.0571. The molecule has 0 aromatic rings. The average Bonchev–Trinajstić information content (AvgIpc) is 2.78. The minimum Gasteiger partial charge on any atom is -0.353 e. The van der Waals surface area contributed by atoms with Gasteiger partial charge in [-0.25, -0.2) is 0 Å². The molecule has 2 atom stereocenters. The molecule has 0 saturated carbocycles. The Kier molecular flexibility index (Phi) is 5.03. The van der Waals surface area contributed by atoms with Gasteiger partial charge < -0.3 is 20.1 Å². The largest absolute Gasteiger partial charge is 0.353 e. The fraction of sp³-hybridized carbons (Fsp3) is 1.00. The highest BCUT2D eigenvalue weighted by molar-refractivity contribution is 4.75. The number of nitrogens with zero attached hydrogens (tertiary/aromatic N) is 1. The molecule has 2 N–H and O–H groups in total. The van der Waals surface area contributed by atoms with Gasteiger partial charge in [-0.1, -0.05) is 0 Å². The van der Waals surface area contributed by atoms with Crippen molar-refractivity contribution in [1.29, 1.82) is 0 Å². The fourth-order valence-corrected chi connectivity index (χ4v) is 2.46. The molecule has 4 heteroatoms. The number of ether oxygens (including phenoxy) is 2. The third kappa shape index (κ3) is 3.70. The van der Waals surface area contributed by atoms with Crippen LogP contribution in [0.15, 0.2) is 0 Å². The van der Waals surface area contributed by atoms with Crippen LogP contribution in [-0.2, 0) is 9.47 Å². The summed E-state index contributed by atoms with van der Waals surface area (Å²) < 4.78 is 11.2. The highest BCUT2D eigenvalue weighted by Crippen LogP contribution is 2.16. The van der Waals surface area contributed by atoms with Gasteiger partial charge in [0.05, 0.1) is 6.61 Å². The van der Waals surface area contributed by atoms with Crippen molar-refractivity contribution >= 4 is 0 Å². The zero-order chi connectivity index (χ0) is 11.2. The number of nitrogens with two attached hydrogens (primary N) is 1. The predicted octanol–water partition coefficient (Wildman–Crippen LogP) is 0.810. The van der Waals surface area contributed by atoms with Crippen LogP contribution in [-0.4, -0.2) is 50.6 Å². The first-order valence-corrected chi connectivity index (χ1v) is 6.54. The molecular formula is C12H24N2O2. The first kappa shape index (κ1) is 12.3. The van der Waals surface area contributed by atoms with E-state index < -0.39 is 0 Å². The number of hydrogen-bond donors (Lipinski definition) is 1. The molecule has 0 aromatic heterocycles. The quantitative estimate of drug-likeness (QED) is 0.756. The van der Waals surface area contributed by atoms with Crippen LogP contribution in [0.1, 0.15) is 25.7 Å². The van der Waals surface area contributed by atoms with E-state index in [1.807, 2.05) is 0 Å². The fourth-order valence-electron chi connectivity index (χ4n) is 2.46. The second kappa shape index (κ2) is 6.55. The highest BCUT2D eigenvalue weighted by atomic mass is 16.7. The van der Waals surface area contributed by atoms with Crippen LogP contribution < -0.4 is 5.73 Å². The lowest BCUT2D eigenvalue weighted by atomic mass is 10.1. The standard InChI is InChI=1S/C12H24N2O2/c13-9-11-4-5-14(10-11)6-8-16-12-3-1-2-7-15-12/h11-12H,1-10,13H2. The van der Waals surface area contributed by atoms with E-state index in [-0.39, 0.29) is 6.29 Å². The molecule has 2 unspecified atom stereocenters. The summed E-state index contributed by atoms with van der Waals surface area (Å²) >= 11 is 0. The summed E-state index contributed by atoms with van der Waals surface area (Å²) in [5, 5.41) is 0. The highest BCUT2D eigenvalue weighted by Gasteiger charge is 2.21. The van der Waals surface area contributed by atoms with Crippen LogP contribution in [0.2, 0.25) is 0 Å². The van der Waals surface area contributed by atoms with Crippen LogP contribution in [0.5, 0.6) is 0 Å². The molecule has 0 aromatic carbocycles. The van der Waals surface area contributed by atoms with Gasteiger partial charge in [0, 0.05) is 19.7 Å². The second-order valence-electron chi connectivity index (χ2n) is 4.86.